The number of fused-ring (bicyclic) bond motifs is 1. The summed E-state index contributed by atoms with van der Waals surface area (Å²) in [5.74, 6) is -2.94. The van der Waals surface area contributed by atoms with Gasteiger partial charge < -0.3 is 29.7 Å². The number of nitrogens with one attached hydrogen (secondary N) is 1. The van der Waals surface area contributed by atoms with Crippen LogP contribution in [0.4, 0.5) is 5.69 Å². The fraction of sp³-hybridized carbons (Fsp3) is 0.588. The number of carbonyl (C=O) groups is 4. The Morgan fingerprint density at radius 1 is 1.20 bits per heavy atom. The van der Waals surface area contributed by atoms with Gasteiger partial charge in [-0.25, -0.2) is 0 Å². The van der Waals surface area contributed by atoms with Crippen molar-refractivity contribution >= 4 is 29.4 Å². The highest BCUT2D eigenvalue weighted by atomic mass is 16.6. The van der Waals surface area contributed by atoms with Gasteiger partial charge in [0.25, 0.3) is 5.91 Å². The average molecular weight is 610 g/mol. The lowest BCUT2D eigenvalue weighted by Crippen LogP contribution is -2.56. The number of carbonyl (C=O) groups excluding carboxylic acids is 4. The van der Waals surface area contributed by atoms with Gasteiger partial charge in [0.05, 0.1) is 24.5 Å². The number of para-hydroxylation sites is 1. The van der Waals surface area contributed by atoms with Crippen molar-refractivity contribution in [1.82, 2.24) is 10.2 Å². The summed E-state index contributed by atoms with van der Waals surface area (Å²) in [6, 6.07) is 4.92. The number of esters is 1. The van der Waals surface area contributed by atoms with Crippen molar-refractivity contribution in [3.63, 3.8) is 0 Å². The van der Waals surface area contributed by atoms with Gasteiger partial charge in [-0.3, -0.25) is 19.2 Å². The molecule has 3 saturated heterocycles. The quantitative estimate of drug-likeness (QED) is 0.167. The third kappa shape index (κ3) is 6.47. The molecule has 2 N–H and O–H groups in total. The summed E-state index contributed by atoms with van der Waals surface area (Å²) in [6.07, 6.45) is 5.94. The molecule has 0 aliphatic carbocycles. The fourth-order valence-electron chi connectivity index (χ4n) is 7.21. The average Bonchev–Trinajstić information content (AvgIpc) is 3.63. The molecule has 6 atom stereocenters. The van der Waals surface area contributed by atoms with Crippen LogP contribution >= 0.6 is 0 Å². The number of unbranched alkanes of at least 4 members (excludes halogenated alkanes) is 2. The van der Waals surface area contributed by atoms with Crippen LogP contribution in [-0.2, 0) is 28.7 Å². The highest BCUT2D eigenvalue weighted by molar-refractivity contribution is 6.05. The monoisotopic (exact) mass is 609 g/mol. The maximum atomic E-state index is 14.7. The van der Waals surface area contributed by atoms with Gasteiger partial charge in [-0.1, -0.05) is 30.4 Å². The maximum Gasteiger partial charge on any atom is 0.312 e. The van der Waals surface area contributed by atoms with Gasteiger partial charge in [0, 0.05) is 31.8 Å². The van der Waals surface area contributed by atoms with Crippen LogP contribution in [0, 0.1) is 25.7 Å². The van der Waals surface area contributed by atoms with Crippen LogP contribution < -0.4 is 10.2 Å². The van der Waals surface area contributed by atoms with Crippen LogP contribution in [0.5, 0.6) is 0 Å². The molecule has 10 heteroatoms. The van der Waals surface area contributed by atoms with Gasteiger partial charge >= 0.3 is 5.97 Å². The van der Waals surface area contributed by atoms with Crippen LogP contribution in [0.3, 0.4) is 0 Å². The fourth-order valence-corrected chi connectivity index (χ4v) is 7.21. The Bertz CT molecular complexity index is 1250. The molecule has 44 heavy (non-hydrogen) atoms. The van der Waals surface area contributed by atoms with Crippen molar-refractivity contribution in [2.45, 2.75) is 89.6 Å². The van der Waals surface area contributed by atoms with Gasteiger partial charge in [-0.2, -0.15) is 0 Å². The number of likely N-dealkylation sites (tertiary alicyclic amines) is 1. The zero-order valence-electron chi connectivity index (χ0n) is 26.3. The van der Waals surface area contributed by atoms with Crippen LogP contribution in [0.1, 0.15) is 63.0 Å². The van der Waals surface area contributed by atoms with Crippen LogP contribution in [0.2, 0.25) is 0 Å². The molecule has 3 aliphatic rings. The highest BCUT2D eigenvalue weighted by Crippen LogP contribution is 2.59. The molecule has 4 rings (SSSR count). The van der Waals surface area contributed by atoms with E-state index in [-0.39, 0.29) is 37.4 Å². The summed E-state index contributed by atoms with van der Waals surface area (Å²) in [7, 11) is 0. The molecule has 3 heterocycles. The van der Waals surface area contributed by atoms with Crippen molar-refractivity contribution in [1.29, 1.82) is 0 Å². The van der Waals surface area contributed by atoms with Crippen molar-refractivity contribution in [3.05, 3.63) is 54.6 Å². The third-order valence-electron chi connectivity index (χ3n) is 9.13. The van der Waals surface area contributed by atoms with Gasteiger partial charge in [0.2, 0.25) is 11.8 Å². The number of anilines is 1. The van der Waals surface area contributed by atoms with E-state index in [0.717, 1.165) is 16.8 Å². The van der Waals surface area contributed by atoms with Crippen LogP contribution in [0.15, 0.2) is 43.5 Å². The van der Waals surface area contributed by atoms with E-state index >= 15 is 0 Å². The minimum atomic E-state index is -1.16. The summed E-state index contributed by atoms with van der Waals surface area (Å²) in [5.41, 5.74) is 1.48. The smallest absolute Gasteiger partial charge is 0.312 e. The second-order valence-electron chi connectivity index (χ2n) is 12.2. The first kappa shape index (κ1) is 33.4. The van der Waals surface area contributed by atoms with E-state index in [1.54, 1.807) is 28.9 Å². The van der Waals surface area contributed by atoms with Crippen molar-refractivity contribution in [3.8, 4) is 0 Å². The number of nitrogens with zero attached hydrogens (tertiary/aromatic N) is 2. The zero-order valence-corrected chi connectivity index (χ0v) is 26.3. The molecular weight excluding hydrogens is 562 g/mol. The van der Waals surface area contributed by atoms with Gasteiger partial charge in [-0.05, 0) is 70.4 Å². The summed E-state index contributed by atoms with van der Waals surface area (Å²) in [6.45, 7) is 13.9. The Balaban J connectivity index is 1.62. The molecule has 1 aromatic rings. The minimum Gasteiger partial charge on any atom is -0.460 e. The second-order valence-corrected chi connectivity index (χ2v) is 12.2. The Morgan fingerprint density at radius 3 is 2.59 bits per heavy atom. The first-order valence-electron chi connectivity index (χ1n) is 15.8. The Labute approximate surface area is 260 Å². The number of aliphatic hydroxyl groups excluding tert-OH is 1. The van der Waals surface area contributed by atoms with Crippen molar-refractivity contribution in [2.24, 2.45) is 11.8 Å². The number of hydrogen-bond acceptors (Lipinski definition) is 7. The summed E-state index contributed by atoms with van der Waals surface area (Å²) < 4.78 is 12.3. The van der Waals surface area contributed by atoms with Crippen LogP contribution in [0.25, 0.3) is 0 Å². The van der Waals surface area contributed by atoms with Gasteiger partial charge in [0.15, 0.2) is 0 Å². The number of allylic oxidation sites excluding steroid dienone is 1. The SMILES string of the molecule is C=CCCC(=O)NC[C@H](C)OC(=O)[C@@H]1[C@@H]2CC[C@]3(O2)[C@H](C(=O)N(CC=C)c2c(C)cccc2C)N(CCCCCO)C(=O)[C@@H]13. The number of amides is 3. The number of aliphatic hydroxyl groups is 1. The Kier molecular flexibility index (Phi) is 11.0. The molecule has 10 nitrogen and oxygen atoms in total. The van der Waals surface area contributed by atoms with Crippen LogP contribution in [-0.4, -0.2) is 83.8 Å². The maximum absolute atomic E-state index is 14.7. The number of benzene rings is 1. The normalized spacial score (nSPS) is 25.8. The predicted octanol–water partition coefficient (Wildman–Crippen LogP) is 3.37. The molecule has 3 amide bonds. The van der Waals surface area contributed by atoms with Crippen molar-refractivity contribution in [2.75, 3.05) is 31.1 Å². The number of rotatable bonds is 16. The summed E-state index contributed by atoms with van der Waals surface area (Å²) in [4.78, 5) is 57.9. The Hall–Kier alpha value is -3.50. The largest absolute Gasteiger partial charge is 0.460 e. The lowest BCUT2D eigenvalue weighted by atomic mass is 9.70. The van der Waals surface area contributed by atoms with Gasteiger partial charge in [-0.15, -0.1) is 13.2 Å². The Morgan fingerprint density at radius 2 is 1.93 bits per heavy atom. The lowest BCUT2D eigenvalue weighted by Gasteiger charge is -2.37. The van der Waals surface area contributed by atoms with E-state index in [1.165, 1.54) is 0 Å². The van der Waals surface area contributed by atoms with E-state index in [0.29, 0.717) is 51.5 Å². The lowest BCUT2D eigenvalue weighted by molar-refractivity contribution is -0.159. The number of ether oxygens (including phenoxy) is 2. The molecule has 1 spiro atoms. The number of hydrogen-bond donors (Lipinski definition) is 2. The summed E-state index contributed by atoms with van der Waals surface area (Å²) >= 11 is 0. The first-order valence-corrected chi connectivity index (χ1v) is 15.8. The van der Waals surface area contributed by atoms with Gasteiger partial charge in [0.1, 0.15) is 17.7 Å². The molecular formula is C34H47N3O7. The first-order chi connectivity index (χ1) is 21.1. The van der Waals surface area contributed by atoms with E-state index < -0.39 is 41.7 Å². The standard InChI is InChI=1S/C34H47N3O7/c1-6-8-15-26(39)35-21-24(5)43-33(42)27-25-16-17-34(44-25)28(27)31(40)37(19-10-9-11-20-38)30(34)32(41)36(18-7-2)29-22(3)13-12-14-23(29)4/h6-7,12-14,24-25,27-28,30,38H,1-2,8-11,15-21H2,3-5H3,(H,35,39)/t24-,25-,27+,28+,30-,34+/m0/s1. The zero-order chi connectivity index (χ0) is 32.0. The molecule has 0 saturated carbocycles. The van der Waals surface area contributed by atoms with E-state index in [9.17, 15) is 24.3 Å². The molecule has 0 radical (unpaired) electrons. The molecule has 240 valence electrons. The molecule has 0 unspecified atom stereocenters. The van der Waals surface area contributed by atoms with E-state index in [4.69, 9.17) is 9.47 Å². The highest BCUT2D eigenvalue weighted by Gasteiger charge is 2.75. The second kappa shape index (κ2) is 14.5. The molecule has 2 bridgehead atoms. The molecule has 1 aromatic carbocycles. The minimum absolute atomic E-state index is 0.0497. The molecule has 0 aromatic heterocycles. The number of aryl methyl sites for hydroxylation is 2. The van der Waals surface area contributed by atoms with Crippen molar-refractivity contribution < 1.29 is 33.8 Å². The van der Waals surface area contributed by atoms with E-state index in [2.05, 4.69) is 18.5 Å². The third-order valence-corrected chi connectivity index (χ3v) is 9.13. The molecule has 3 fully saturated rings. The molecule has 3 aliphatic heterocycles. The predicted molar refractivity (Wildman–Crippen MR) is 167 cm³/mol. The van der Waals surface area contributed by atoms with E-state index in [1.807, 2.05) is 32.0 Å². The topological polar surface area (TPSA) is 125 Å². The summed E-state index contributed by atoms with van der Waals surface area (Å²) in [5, 5.41) is 12.1.